The first-order valence-corrected chi connectivity index (χ1v) is 4.90. The fraction of sp³-hybridized carbons (Fsp3) is 0.250. The minimum atomic E-state index is -1.03. The van der Waals surface area contributed by atoms with Gasteiger partial charge < -0.3 is 9.84 Å². The van der Waals surface area contributed by atoms with Gasteiger partial charge in [-0.1, -0.05) is 31.5 Å². The third kappa shape index (κ3) is 3.85. The topological polar surface area (TPSA) is 46.5 Å². The first-order chi connectivity index (χ1) is 7.24. The fourth-order valence-electron chi connectivity index (χ4n) is 1.06. The lowest BCUT2D eigenvalue weighted by molar-refractivity contribution is -0.135. The van der Waals surface area contributed by atoms with Crippen molar-refractivity contribution in [2.45, 2.75) is 19.8 Å². The molecule has 0 saturated carbocycles. The van der Waals surface area contributed by atoms with Gasteiger partial charge in [0, 0.05) is 0 Å². The van der Waals surface area contributed by atoms with Gasteiger partial charge in [0.1, 0.15) is 5.75 Å². The number of hydrogen-bond donors (Lipinski definition) is 1. The summed E-state index contributed by atoms with van der Waals surface area (Å²) in [6.45, 7) is 1.98. The van der Waals surface area contributed by atoms with Gasteiger partial charge >= 0.3 is 5.97 Å². The molecule has 0 unspecified atom stereocenters. The summed E-state index contributed by atoms with van der Waals surface area (Å²) in [6, 6.07) is 8.90. The van der Waals surface area contributed by atoms with Crippen LogP contribution in [0.2, 0.25) is 0 Å². The first kappa shape index (κ1) is 11.3. The lowest BCUT2D eigenvalue weighted by Crippen LogP contribution is -2.07. The summed E-state index contributed by atoms with van der Waals surface area (Å²) in [7, 11) is 0. The van der Waals surface area contributed by atoms with Crippen LogP contribution in [-0.4, -0.2) is 11.1 Å². The summed E-state index contributed by atoms with van der Waals surface area (Å²) in [5.41, 5.74) is 0. The number of aliphatic carboxylic acids is 1. The van der Waals surface area contributed by atoms with E-state index in [1.165, 1.54) is 0 Å². The second kappa shape index (κ2) is 5.86. The SMILES string of the molecule is CCC/C=C(/Oc1ccccc1)C(=O)O. The highest BCUT2D eigenvalue weighted by Crippen LogP contribution is 2.13. The molecule has 1 rings (SSSR count). The molecular formula is C12H14O3. The molecule has 0 atom stereocenters. The number of carbonyl (C=O) groups is 1. The maximum absolute atomic E-state index is 10.8. The van der Waals surface area contributed by atoms with Crippen molar-refractivity contribution in [2.75, 3.05) is 0 Å². The number of carboxylic acid groups (broad SMARTS) is 1. The molecule has 1 aromatic carbocycles. The molecule has 0 aliphatic rings. The lowest BCUT2D eigenvalue weighted by Gasteiger charge is -2.05. The molecule has 0 spiro atoms. The molecule has 1 N–H and O–H groups in total. The highest BCUT2D eigenvalue weighted by Gasteiger charge is 2.08. The minimum Gasteiger partial charge on any atom is -0.475 e. The lowest BCUT2D eigenvalue weighted by atomic mass is 10.3. The van der Waals surface area contributed by atoms with Crippen molar-refractivity contribution in [3.05, 3.63) is 42.2 Å². The van der Waals surface area contributed by atoms with Crippen LogP contribution in [0.3, 0.4) is 0 Å². The van der Waals surface area contributed by atoms with Crippen LogP contribution in [0.25, 0.3) is 0 Å². The maximum Gasteiger partial charge on any atom is 0.371 e. The molecule has 0 saturated heterocycles. The van der Waals surface area contributed by atoms with E-state index in [1.54, 1.807) is 30.3 Å². The van der Waals surface area contributed by atoms with Crippen molar-refractivity contribution in [1.82, 2.24) is 0 Å². The van der Waals surface area contributed by atoms with Crippen molar-refractivity contribution in [3.63, 3.8) is 0 Å². The molecule has 80 valence electrons. The molecule has 0 aliphatic carbocycles. The van der Waals surface area contributed by atoms with E-state index in [2.05, 4.69) is 0 Å². The quantitative estimate of drug-likeness (QED) is 0.595. The zero-order valence-corrected chi connectivity index (χ0v) is 8.64. The summed E-state index contributed by atoms with van der Waals surface area (Å²) in [5, 5.41) is 8.87. The Morgan fingerprint density at radius 2 is 2.07 bits per heavy atom. The van der Waals surface area contributed by atoms with E-state index in [-0.39, 0.29) is 5.76 Å². The van der Waals surface area contributed by atoms with Crippen LogP contribution in [0.5, 0.6) is 5.75 Å². The third-order valence-electron chi connectivity index (χ3n) is 1.80. The van der Waals surface area contributed by atoms with Gasteiger partial charge in [0.25, 0.3) is 0 Å². The van der Waals surface area contributed by atoms with Crippen LogP contribution in [0.4, 0.5) is 0 Å². The number of rotatable bonds is 5. The molecule has 0 heterocycles. The summed E-state index contributed by atoms with van der Waals surface area (Å²) >= 11 is 0. The van der Waals surface area contributed by atoms with E-state index < -0.39 is 5.97 Å². The number of allylic oxidation sites excluding steroid dienone is 1. The van der Waals surface area contributed by atoms with E-state index in [1.807, 2.05) is 13.0 Å². The molecule has 3 nitrogen and oxygen atoms in total. The van der Waals surface area contributed by atoms with Gasteiger partial charge in [-0.3, -0.25) is 0 Å². The Balaban J connectivity index is 2.72. The average Bonchev–Trinajstić information content (AvgIpc) is 2.25. The Hall–Kier alpha value is -1.77. The number of ether oxygens (including phenoxy) is 1. The summed E-state index contributed by atoms with van der Waals surface area (Å²) < 4.78 is 5.24. The van der Waals surface area contributed by atoms with Crippen molar-refractivity contribution >= 4 is 5.97 Å². The van der Waals surface area contributed by atoms with Crippen molar-refractivity contribution < 1.29 is 14.6 Å². The summed E-state index contributed by atoms with van der Waals surface area (Å²) in [5.74, 6) is -0.502. The molecular weight excluding hydrogens is 192 g/mol. The Labute approximate surface area is 89.0 Å². The monoisotopic (exact) mass is 206 g/mol. The van der Waals surface area contributed by atoms with Crippen LogP contribution in [0.15, 0.2) is 42.2 Å². The van der Waals surface area contributed by atoms with Crippen molar-refractivity contribution in [1.29, 1.82) is 0 Å². The van der Waals surface area contributed by atoms with Crippen LogP contribution < -0.4 is 4.74 Å². The van der Waals surface area contributed by atoms with E-state index in [4.69, 9.17) is 9.84 Å². The number of unbranched alkanes of at least 4 members (excludes halogenated alkanes) is 1. The molecule has 0 aromatic heterocycles. The zero-order valence-electron chi connectivity index (χ0n) is 8.64. The molecule has 0 fully saturated rings. The summed E-state index contributed by atoms with van der Waals surface area (Å²) in [6.07, 6.45) is 3.19. The number of para-hydroxylation sites is 1. The van der Waals surface area contributed by atoms with E-state index >= 15 is 0 Å². The molecule has 15 heavy (non-hydrogen) atoms. The van der Waals surface area contributed by atoms with Gasteiger partial charge in [-0.2, -0.15) is 0 Å². The van der Waals surface area contributed by atoms with Gasteiger partial charge in [-0.25, -0.2) is 4.79 Å². The standard InChI is InChI=1S/C12H14O3/c1-2-3-9-11(12(13)14)15-10-7-5-4-6-8-10/h4-9H,2-3H2,1H3,(H,13,14)/b11-9+. The van der Waals surface area contributed by atoms with Gasteiger partial charge in [0.2, 0.25) is 5.76 Å². The van der Waals surface area contributed by atoms with Crippen molar-refractivity contribution in [2.24, 2.45) is 0 Å². The predicted molar refractivity (Wildman–Crippen MR) is 57.7 cm³/mol. The van der Waals surface area contributed by atoms with Crippen LogP contribution in [0.1, 0.15) is 19.8 Å². The molecule has 0 bridgehead atoms. The van der Waals surface area contributed by atoms with E-state index in [9.17, 15) is 4.79 Å². The zero-order chi connectivity index (χ0) is 11.1. The van der Waals surface area contributed by atoms with Gasteiger partial charge in [0.15, 0.2) is 0 Å². The Kier molecular flexibility index (Phi) is 4.41. The maximum atomic E-state index is 10.8. The van der Waals surface area contributed by atoms with E-state index in [0.717, 1.165) is 6.42 Å². The minimum absolute atomic E-state index is 0.0111. The largest absolute Gasteiger partial charge is 0.475 e. The number of hydrogen-bond acceptors (Lipinski definition) is 2. The van der Waals surface area contributed by atoms with Gasteiger partial charge in [-0.05, 0) is 24.6 Å². The number of carboxylic acids is 1. The van der Waals surface area contributed by atoms with Gasteiger partial charge in [-0.15, -0.1) is 0 Å². The van der Waals surface area contributed by atoms with Crippen molar-refractivity contribution in [3.8, 4) is 5.75 Å². The Morgan fingerprint density at radius 3 is 2.60 bits per heavy atom. The molecule has 1 aromatic rings. The molecule has 0 amide bonds. The predicted octanol–water partition coefficient (Wildman–Crippen LogP) is 2.83. The first-order valence-electron chi connectivity index (χ1n) is 4.90. The molecule has 3 heteroatoms. The van der Waals surface area contributed by atoms with E-state index in [0.29, 0.717) is 12.2 Å². The van der Waals surface area contributed by atoms with Crippen LogP contribution in [0, 0.1) is 0 Å². The normalized spacial score (nSPS) is 11.1. The average molecular weight is 206 g/mol. The smallest absolute Gasteiger partial charge is 0.371 e. The third-order valence-corrected chi connectivity index (χ3v) is 1.80. The van der Waals surface area contributed by atoms with Gasteiger partial charge in [0.05, 0.1) is 0 Å². The fourth-order valence-corrected chi connectivity index (χ4v) is 1.06. The van der Waals surface area contributed by atoms with Crippen LogP contribution in [-0.2, 0) is 4.79 Å². The number of benzene rings is 1. The summed E-state index contributed by atoms with van der Waals surface area (Å²) in [4.78, 5) is 10.8. The Bertz CT molecular complexity index is 341. The highest BCUT2D eigenvalue weighted by atomic mass is 16.5. The van der Waals surface area contributed by atoms with Crippen LogP contribution >= 0.6 is 0 Å². The molecule has 0 radical (unpaired) electrons. The molecule has 0 aliphatic heterocycles. The second-order valence-electron chi connectivity index (χ2n) is 3.08. The second-order valence-corrected chi connectivity index (χ2v) is 3.08. The highest BCUT2D eigenvalue weighted by molar-refractivity contribution is 5.84. The Morgan fingerprint density at radius 1 is 1.40 bits per heavy atom.